The van der Waals surface area contributed by atoms with Crippen LogP contribution in [-0.4, -0.2) is 31.0 Å². The first kappa shape index (κ1) is 24.8. The molecule has 0 amide bonds. The number of methoxy groups -OCH3 is 1. The first-order valence-electron chi connectivity index (χ1n) is 11.6. The first-order valence-corrected chi connectivity index (χ1v) is 11.6. The van der Waals surface area contributed by atoms with E-state index in [0.717, 1.165) is 31.7 Å². The maximum atomic E-state index is 13.6. The van der Waals surface area contributed by atoms with E-state index in [1.165, 1.54) is 36.8 Å². The molecule has 3 nitrogen and oxygen atoms in total. The summed E-state index contributed by atoms with van der Waals surface area (Å²) in [6, 6.07) is 12.2. The van der Waals surface area contributed by atoms with Gasteiger partial charge in [0.2, 0.25) is 0 Å². The van der Waals surface area contributed by atoms with Gasteiger partial charge in [-0.1, -0.05) is 64.3 Å². The summed E-state index contributed by atoms with van der Waals surface area (Å²) in [7, 11) is 1.52. The summed E-state index contributed by atoms with van der Waals surface area (Å²) in [5, 5.41) is 14.6. The maximum absolute atomic E-state index is 13.6. The highest BCUT2D eigenvalue weighted by atomic mass is 19.1. The second-order valence-corrected chi connectivity index (χ2v) is 10.2. The van der Waals surface area contributed by atoms with E-state index in [0.29, 0.717) is 12.1 Å². The number of hydrogen-bond acceptors (Lipinski definition) is 3. The van der Waals surface area contributed by atoms with Gasteiger partial charge in [0.05, 0.1) is 12.2 Å². The Kier molecular flexibility index (Phi) is 8.07. The first-order chi connectivity index (χ1) is 15.1. The van der Waals surface area contributed by atoms with Crippen molar-refractivity contribution < 1.29 is 18.6 Å². The van der Waals surface area contributed by atoms with Crippen molar-refractivity contribution in [2.75, 3.05) is 13.7 Å². The molecule has 1 saturated carbocycles. The van der Waals surface area contributed by atoms with Gasteiger partial charge >= 0.3 is 0 Å². The molecule has 32 heavy (non-hydrogen) atoms. The van der Waals surface area contributed by atoms with Gasteiger partial charge in [-0.15, -0.1) is 0 Å². The summed E-state index contributed by atoms with van der Waals surface area (Å²) in [5.41, 5.74) is 2.90. The van der Waals surface area contributed by atoms with Crippen LogP contribution in [0.1, 0.15) is 69.6 Å². The van der Waals surface area contributed by atoms with Crippen LogP contribution in [0.15, 0.2) is 42.5 Å². The third kappa shape index (κ3) is 6.15. The molecule has 2 aromatic carbocycles. The number of rotatable bonds is 8. The number of aliphatic hydroxyl groups excluding tert-OH is 1. The normalized spacial score (nSPS) is 18.3. The molecule has 1 fully saturated rings. The molecule has 3 rings (SSSR count). The van der Waals surface area contributed by atoms with Crippen LogP contribution in [0.3, 0.4) is 0 Å². The highest BCUT2D eigenvalue weighted by Crippen LogP contribution is 2.38. The van der Waals surface area contributed by atoms with Gasteiger partial charge in [0, 0.05) is 31.7 Å². The van der Waals surface area contributed by atoms with Crippen LogP contribution in [0.4, 0.5) is 8.78 Å². The summed E-state index contributed by atoms with van der Waals surface area (Å²) in [6.45, 7) is 7.00. The lowest BCUT2D eigenvalue weighted by molar-refractivity contribution is -0.0152. The molecule has 0 heterocycles. The summed E-state index contributed by atoms with van der Waals surface area (Å²) < 4.78 is 32.6. The van der Waals surface area contributed by atoms with Gasteiger partial charge in [-0.05, 0) is 47.1 Å². The van der Waals surface area contributed by atoms with Crippen LogP contribution >= 0.6 is 0 Å². The zero-order chi connectivity index (χ0) is 23.4. The molecule has 2 N–H and O–H groups in total. The minimum atomic E-state index is -0.809. The Labute approximate surface area is 191 Å². The predicted molar refractivity (Wildman–Crippen MR) is 125 cm³/mol. The quantitative estimate of drug-likeness (QED) is 0.553. The van der Waals surface area contributed by atoms with Crippen LogP contribution in [0.25, 0.3) is 0 Å². The minimum Gasteiger partial charge on any atom is -0.389 e. The zero-order valence-electron chi connectivity index (χ0n) is 19.8. The lowest BCUT2D eigenvalue weighted by Gasteiger charge is -2.41. The van der Waals surface area contributed by atoms with Gasteiger partial charge in [0.1, 0.15) is 11.6 Å². The smallest absolute Gasteiger partial charge is 0.126 e. The number of hydrogen-bond donors (Lipinski definition) is 2. The second-order valence-electron chi connectivity index (χ2n) is 10.2. The zero-order valence-corrected chi connectivity index (χ0v) is 19.8. The van der Waals surface area contributed by atoms with Gasteiger partial charge in [-0.25, -0.2) is 8.78 Å². The fraction of sp³-hybridized carbons (Fsp3) is 0.556. The Morgan fingerprint density at radius 3 is 2.28 bits per heavy atom. The van der Waals surface area contributed by atoms with Crippen LogP contribution in [0.5, 0.6) is 0 Å². The van der Waals surface area contributed by atoms with Crippen molar-refractivity contribution in [2.24, 2.45) is 0 Å². The number of nitrogens with one attached hydrogen (secondary N) is 1. The van der Waals surface area contributed by atoms with Crippen LogP contribution < -0.4 is 5.32 Å². The summed E-state index contributed by atoms with van der Waals surface area (Å²) in [6.07, 6.45) is 4.39. The molecule has 0 aromatic heterocycles. The Morgan fingerprint density at radius 2 is 1.69 bits per heavy atom. The number of benzene rings is 2. The molecular formula is C27H37F2NO2. The monoisotopic (exact) mass is 445 g/mol. The average molecular weight is 446 g/mol. The average Bonchev–Trinajstić information content (AvgIpc) is 2.75. The molecule has 0 aliphatic heterocycles. The lowest BCUT2D eigenvalue weighted by Crippen LogP contribution is -2.49. The maximum Gasteiger partial charge on any atom is 0.126 e. The fourth-order valence-corrected chi connectivity index (χ4v) is 4.78. The van der Waals surface area contributed by atoms with E-state index in [1.54, 1.807) is 0 Å². The van der Waals surface area contributed by atoms with E-state index in [1.807, 2.05) is 0 Å². The fourth-order valence-electron chi connectivity index (χ4n) is 4.78. The molecule has 5 heteroatoms. The van der Waals surface area contributed by atoms with Gasteiger partial charge < -0.3 is 15.2 Å². The highest BCUT2D eigenvalue weighted by Gasteiger charge is 2.35. The Morgan fingerprint density at radius 1 is 1.03 bits per heavy atom. The topological polar surface area (TPSA) is 41.5 Å². The molecule has 0 saturated heterocycles. The Hall–Kier alpha value is -1.82. The molecule has 176 valence electrons. The Bertz CT molecular complexity index is 867. The Balaban J connectivity index is 1.76. The third-order valence-corrected chi connectivity index (χ3v) is 6.73. The lowest BCUT2D eigenvalue weighted by atomic mass is 9.74. The van der Waals surface area contributed by atoms with Gasteiger partial charge in [0.25, 0.3) is 0 Å². The number of aliphatic hydroxyl groups is 1. The van der Waals surface area contributed by atoms with Gasteiger partial charge in [-0.2, -0.15) is 0 Å². The highest BCUT2D eigenvalue weighted by molar-refractivity contribution is 5.34. The van der Waals surface area contributed by atoms with Crippen molar-refractivity contribution in [1.29, 1.82) is 0 Å². The molecule has 2 aromatic rings. The number of ether oxygens (including phenoxy) is 1. The molecule has 0 spiro atoms. The summed E-state index contributed by atoms with van der Waals surface area (Å²) in [5.74, 6) is -1.25. The minimum absolute atomic E-state index is 0.0623. The molecule has 0 radical (unpaired) electrons. The van der Waals surface area contributed by atoms with E-state index in [-0.39, 0.29) is 17.4 Å². The molecular weight excluding hydrogens is 408 g/mol. The van der Waals surface area contributed by atoms with E-state index in [4.69, 9.17) is 4.74 Å². The summed E-state index contributed by atoms with van der Waals surface area (Å²) in [4.78, 5) is 0. The van der Waals surface area contributed by atoms with Gasteiger partial charge in [-0.3, -0.25) is 0 Å². The standard InChI is InChI=1S/C27H37F2NO2/c1-26(2,3)20-9-8-10-21(16-20)27(11-6-5-7-12-27)30-18-24(31)25(32-4)15-19-13-22(28)17-23(29)14-19/h8-10,13-14,16-17,24-25,30-31H,5-7,11-12,15,18H2,1-4H3. The van der Waals surface area contributed by atoms with E-state index < -0.39 is 23.8 Å². The SMILES string of the molecule is COC(Cc1cc(F)cc(F)c1)C(O)CNC1(c2cccc(C(C)(C)C)c2)CCCCC1. The van der Waals surface area contributed by atoms with Crippen molar-refractivity contribution in [3.63, 3.8) is 0 Å². The van der Waals surface area contributed by atoms with Crippen molar-refractivity contribution in [3.8, 4) is 0 Å². The number of halogens is 2. The van der Waals surface area contributed by atoms with E-state index >= 15 is 0 Å². The summed E-state index contributed by atoms with van der Waals surface area (Å²) >= 11 is 0. The molecule has 2 unspecified atom stereocenters. The predicted octanol–water partition coefficient (Wildman–Crippen LogP) is 5.63. The van der Waals surface area contributed by atoms with E-state index in [9.17, 15) is 13.9 Å². The van der Waals surface area contributed by atoms with Crippen LogP contribution in [0, 0.1) is 11.6 Å². The van der Waals surface area contributed by atoms with Crippen LogP contribution in [0.2, 0.25) is 0 Å². The molecule has 0 bridgehead atoms. The molecule has 1 aliphatic carbocycles. The second kappa shape index (κ2) is 10.4. The van der Waals surface area contributed by atoms with Crippen LogP contribution in [-0.2, 0) is 22.1 Å². The third-order valence-electron chi connectivity index (χ3n) is 6.73. The van der Waals surface area contributed by atoms with Gasteiger partial charge in [0.15, 0.2) is 0 Å². The van der Waals surface area contributed by atoms with Crippen molar-refractivity contribution in [3.05, 3.63) is 70.8 Å². The van der Waals surface area contributed by atoms with E-state index in [2.05, 4.69) is 50.4 Å². The van der Waals surface area contributed by atoms with Crippen molar-refractivity contribution >= 4 is 0 Å². The largest absolute Gasteiger partial charge is 0.389 e. The molecule has 2 atom stereocenters. The van der Waals surface area contributed by atoms with Crippen molar-refractivity contribution in [1.82, 2.24) is 5.32 Å². The molecule has 1 aliphatic rings. The van der Waals surface area contributed by atoms with Crippen molar-refractivity contribution in [2.45, 2.75) is 82.5 Å².